The van der Waals surface area contributed by atoms with Crippen LogP contribution in [0.15, 0.2) is 36.4 Å². The molecule has 3 rings (SSSR count). The lowest BCUT2D eigenvalue weighted by Gasteiger charge is -2.16. The van der Waals surface area contributed by atoms with Crippen LogP contribution in [0.25, 0.3) is 0 Å². The van der Waals surface area contributed by atoms with Gasteiger partial charge in [-0.2, -0.15) is 0 Å². The van der Waals surface area contributed by atoms with Crippen LogP contribution in [0.4, 0.5) is 0 Å². The van der Waals surface area contributed by atoms with E-state index < -0.39 is 0 Å². The van der Waals surface area contributed by atoms with Gasteiger partial charge in [0.05, 0.1) is 17.7 Å². The van der Waals surface area contributed by atoms with Crippen molar-refractivity contribution in [3.05, 3.63) is 58.1 Å². The second kappa shape index (κ2) is 9.98. The van der Waals surface area contributed by atoms with Crippen LogP contribution in [0.2, 0.25) is 5.02 Å². The molecule has 0 spiro atoms. The first-order valence-corrected chi connectivity index (χ1v) is 9.99. The third-order valence-corrected chi connectivity index (χ3v) is 4.84. The van der Waals surface area contributed by atoms with Crippen LogP contribution in [0, 0.1) is 6.92 Å². The molecule has 1 aliphatic heterocycles. The summed E-state index contributed by atoms with van der Waals surface area (Å²) in [6.45, 7) is 7.49. The molecule has 146 valence electrons. The van der Waals surface area contributed by atoms with E-state index in [0.717, 1.165) is 43.7 Å². The molecule has 1 N–H and O–H groups in total. The molecule has 4 nitrogen and oxygen atoms in total. The first-order valence-electron chi connectivity index (χ1n) is 9.61. The first-order chi connectivity index (χ1) is 13.2. The zero-order valence-corrected chi connectivity index (χ0v) is 16.8. The number of rotatable bonds is 9. The molecule has 1 fully saturated rings. The molecular formula is C22H28ClNO3. The molecule has 1 saturated heterocycles. The summed E-state index contributed by atoms with van der Waals surface area (Å²) in [4.78, 5) is 0. The summed E-state index contributed by atoms with van der Waals surface area (Å²) >= 11 is 6.52. The maximum Gasteiger partial charge on any atom is 0.180 e. The Kier molecular flexibility index (Phi) is 7.39. The Balaban J connectivity index is 1.65. The van der Waals surface area contributed by atoms with Gasteiger partial charge in [0.2, 0.25) is 0 Å². The summed E-state index contributed by atoms with van der Waals surface area (Å²) in [7, 11) is 0. The van der Waals surface area contributed by atoms with E-state index in [4.69, 9.17) is 25.8 Å². The predicted molar refractivity (Wildman–Crippen MR) is 109 cm³/mol. The van der Waals surface area contributed by atoms with Crippen LogP contribution in [0.1, 0.15) is 36.5 Å². The lowest BCUT2D eigenvalue weighted by molar-refractivity contribution is 0.110. The minimum atomic E-state index is 0.323. The largest absolute Gasteiger partial charge is 0.490 e. The van der Waals surface area contributed by atoms with Crippen molar-refractivity contribution in [3.63, 3.8) is 0 Å². The fourth-order valence-corrected chi connectivity index (χ4v) is 3.55. The van der Waals surface area contributed by atoms with Crippen molar-refractivity contribution in [2.75, 3.05) is 19.8 Å². The molecule has 0 bridgehead atoms. The van der Waals surface area contributed by atoms with E-state index in [1.165, 1.54) is 5.56 Å². The Bertz CT molecular complexity index is 744. The highest BCUT2D eigenvalue weighted by Gasteiger charge is 2.16. The molecular weight excluding hydrogens is 362 g/mol. The van der Waals surface area contributed by atoms with Crippen molar-refractivity contribution in [3.8, 4) is 11.5 Å². The molecule has 0 aromatic heterocycles. The van der Waals surface area contributed by atoms with Gasteiger partial charge < -0.3 is 19.5 Å². The molecule has 0 radical (unpaired) electrons. The third kappa shape index (κ3) is 5.86. The molecule has 0 saturated carbocycles. The van der Waals surface area contributed by atoms with Gasteiger partial charge >= 0.3 is 0 Å². The van der Waals surface area contributed by atoms with Crippen molar-refractivity contribution in [2.45, 2.75) is 45.9 Å². The zero-order chi connectivity index (χ0) is 19.1. The summed E-state index contributed by atoms with van der Waals surface area (Å²) in [6, 6.07) is 12.2. The van der Waals surface area contributed by atoms with Gasteiger partial charge in [-0.25, -0.2) is 0 Å². The van der Waals surface area contributed by atoms with Gasteiger partial charge in [0.25, 0.3) is 0 Å². The predicted octanol–water partition coefficient (Wildman–Crippen LogP) is 4.89. The van der Waals surface area contributed by atoms with Gasteiger partial charge in [0.15, 0.2) is 11.5 Å². The lowest BCUT2D eigenvalue weighted by Crippen LogP contribution is -2.25. The molecule has 1 heterocycles. The first kappa shape index (κ1) is 20.0. The van der Waals surface area contributed by atoms with Crippen molar-refractivity contribution in [1.82, 2.24) is 5.32 Å². The molecule has 0 amide bonds. The SMILES string of the molecule is CCOc1cc(CNCC2CCCO2)cc(Cl)c1OCc1cccc(C)c1. The van der Waals surface area contributed by atoms with E-state index >= 15 is 0 Å². The second-order valence-electron chi connectivity index (χ2n) is 6.88. The second-order valence-corrected chi connectivity index (χ2v) is 7.29. The van der Waals surface area contributed by atoms with E-state index in [0.29, 0.717) is 35.8 Å². The molecule has 1 unspecified atom stereocenters. The fraction of sp³-hybridized carbons (Fsp3) is 0.455. The summed E-state index contributed by atoms with van der Waals surface area (Å²) < 4.78 is 17.4. The van der Waals surface area contributed by atoms with Gasteiger partial charge in [-0.3, -0.25) is 0 Å². The standard InChI is InChI=1S/C22H28ClNO3/c1-3-25-21-12-18(13-24-14-19-8-5-9-26-19)11-20(23)22(21)27-15-17-7-4-6-16(2)10-17/h4,6-7,10-12,19,24H,3,5,8-9,13-15H2,1-2H3. The van der Waals surface area contributed by atoms with Crippen LogP contribution in [0.5, 0.6) is 11.5 Å². The molecule has 1 aliphatic rings. The van der Waals surface area contributed by atoms with Gasteiger partial charge in [-0.05, 0) is 49.9 Å². The van der Waals surface area contributed by atoms with Gasteiger partial charge in [-0.1, -0.05) is 41.4 Å². The maximum absolute atomic E-state index is 6.52. The van der Waals surface area contributed by atoms with Crippen molar-refractivity contribution in [2.24, 2.45) is 0 Å². The smallest absolute Gasteiger partial charge is 0.180 e. The Morgan fingerprint density at radius 2 is 2.07 bits per heavy atom. The lowest BCUT2D eigenvalue weighted by atomic mass is 10.1. The van der Waals surface area contributed by atoms with Gasteiger partial charge in [0, 0.05) is 19.7 Å². The summed E-state index contributed by atoms with van der Waals surface area (Å²) in [5, 5.41) is 4.02. The Hall–Kier alpha value is -1.75. The van der Waals surface area contributed by atoms with E-state index in [-0.39, 0.29) is 0 Å². The van der Waals surface area contributed by atoms with E-state index in [1.54, 1.807) is 0 Å². The monoisotopic (exact) mass is 389 g/mol. The Morgan fingerprint density at radius 3 is 2.81 bits per heavy atom. The molecule has 27 heavy (non-hydrogen) atoms. The summed E-state index contributed by atoms with van der Waals surface area (Å²) in [6.07, 6.45) is 2.60. The van der Waals surface area contributed by atoms with Gasteiger partial charge in [-0.15, -0.1) is 0 Å². The Morgan fingerprint density at radius 1 is 1.19 bits per heavy atom. The number of ether oxygens (including phenoxy) is 3. The summed E-state index contributed by atoms with van der Waals surface area (Å²) in [5.41, 5.74) is 3.39. The molecule has 5 heteroatoms. The summed E-state index contributed by atoms with van der Waals surface area (Å²) in [5.74, 6) is 1.29. The Labute approximate surface area is 166 Å². The fourth-order valence-electron chi connectivity index (χ4n) is 3.27. The zero-order valence-electron chi connectivity index (χ0n) is 16.1. The van der Waals surface area contributed by atoms with E-state index in [2.05, 4.69) is 24.4 Å². The highest BCUT2D eigenvalue weighted by molar-refractivity contribution is 6.32. The number of benzene rings is 2. The number of halogens is 1. The number of hydrogen-bond donors (Lipinski definition) is 1. The van der Waals surface area contributed by atoms with Crippen molar-refractivity contribution in [1.29, 1.82) is 0 Å². The minimum absolute atomic E-state index is 0.323. The average molecular weight is 390 g/mol. The third-order valence-electron chi connectivity index (χ3n) is 4.56. The maximum atomic E-state index is 6.52. The average Bonchev–Trinajstić information content (AvgIpc) is 3.15. The number of nitrogens with one attached hydrogen (secondary N) is 1. The topological polar surface area (TPSA) is 39.7 Å². The van der Waals surface area contributed by atoms with Crippen LogP contribution >= 0.6 is 11.6 Å². The highest BCUT2D eigenvalue weighted by Crippen LogP contribution is 2.37. The molecule has 2 aromatic carbocycles. The van der Waals surface area contributed by atoms with Crippen LogP contribution in [-0.4, -0.2) is 25.9 Å². The number of hydrogen-bond acceptors (Lipinski definition) is 4. The van der Waals surface area contributed by atoms with Gasteiger partial charge in [0.1, 0.15) is 6.61 Å². The quantitative estimate of drug-likeness (QED) is 0.662. The van der Waals surface area contributed by atoms with Crippen molar-refractivity contribution >= 4 is 11.6 Å². The highest BCUT2D eigenvalue weighted by atomic mass is 35.5. The van der Waals surface area contributed by atoms with Crippen LogP contribution in [-0.2, 0) is 17.9 Å². The van der Waals surface area contributed by atoms with Crippen LogP contribution in [0.3, 0.4) is 0 Å². The molecule has 1 atom stereocenters. The van der Waals surface area contributed by atoms with Crippen LogP contribution < -0.4 is 14.8 Å². The number of aryl methyl sites for hydroxylation is 1. The molecule has 2 aromatic rings. The van der Waals surface area contributed by atoms with E-state index in [9.17, 15) is 0 Å². The van der Waals surface area contributed by atoms with E-state index in [1.807, 2.05) is 31.2 Å². The minimum Gasteiger partial charge on any atom is -0.490 e. The van der Waals surface area contributed by atoms with Crippen molar-refractivity contribution < 1.29 is 14.2 Å². The normalized spacial score (nSPS) is 16.5. The molecule has 0 aliphatic carbocycles.